The molecule has 1 aliphatic heterocycles. The Hall–Kier alpha value is -1.14. The third kappa shape index (κ3) is 2.66. The molecule has 1 heterocycles. The molecule has 0 bridgehead atoms. The van der Waals surface area contributed by atoms with Crippen LogP contribution in [0.4, 0.5) is 10.1 Å². The van der Waals surface area contributed by atoms with Crippen LogP contribution in [0.1, 0.15) is 38.5 Å². The molecule has 4 nitrogen and oxygen atoms in total. The monoisotopic (exact) mass is 312 g/mol. The summed E-state index contributed by atoms with van der Waals surface area (Å²) >= 11 is 0. The lowest BCUT2D eigenvalue weighted by molar-refractivity contribution is 0.160. The molecule has 2 fully saturated rings. The molecule has 1 saturated carbocycles. The number of sulfonamides is 1. The number of halogens is 1. The first kappa shape index (κ1) is 14.8. The van der Waals surface area contributed by atoms with Gasteiger partial charge in [0.1, 0.15) is 10.7 Å². The van der Waals surface area contributed by atoms with Crippen molar-refractivity contribution in [1.29, 1.82) is 0 Å². The van der Waals surface area contributed by atoms with Gasteiger partial charge in [-0.3, -0.25) is 0 Å². The van der Waals surface area contributed by atoms with E-state index in [1.54, 1.807) is 0 Å². The molecule has 116 valence electrons. The second kappa shape index (κ2) is 5.25. The van der Waals surface area contributed by atoms with E-state index in [-0.39, 0.29) is 10.6 Å². The van der Waals surface area contributed by atoms with E-state index in [9.17, 15) is 12.8 Å². The number of nitrogen functional groups attached to an aromatic ring is 1. The first-order chi connectivity index (χ1) is 9.93. The van der Waals surface area contributed by atoms with Crippen LogP contribution in [0.5, 0.6) is 0 Å². The minimum absolute atomic E-state index is 0.263. The minimum Gasteiger partial charge on any atom is -0.399 e. The zero-order valence-electron chi connectivity index (χ0n) is 12.0. The molecule has 0 unspecified atom stereocenters. The maximum absolute atomic E-state index is 13.9. The molecule has 0 aromatic heterocycles. The molecule has 1 aliphatic carbocycles. The molecular formula is C15H21FN2O2S. The van der Waals surface area contributed by atoms with Gasteiger partial charge in [0.25, 0.3) is 0 Å². The summed E-state index contributed by atoms with van der Waals surface area (Å²) in [5, 5.41) is 0. The highest BCUT2D eigenvalue weighted by Gasteiger charge is 2.40. The average Bonchev–Trinajstić information content (AvgIpc) is 2.90. The Bertz CT molecular complexity index is 629. The van der Waals surface area contributed by atoms with Crippen LogP contribution in [-0.2, 0) is 10.0 Å². The van der Waals surface area contributed by atoms with Crippen molar-refractivity contribution in [3.05, 3.63) is 24.0 Å². The fourth-order valence-corrected chi connectivity index (χ4v) is 5.22. The lowest BCUT2D eigenvalue weighted by Crippen LogP contribution is -2.42. The van der Waals surface area contributed by atoms with Crippen molar-refractivity contribution in [3.8, 4) is 0 Å². The normalized spacial score (nSPS) is 22.7. The van der Waals surface area contributed by atoms with Crippen LogP contribution < -0.4 is 5.73 Å². The summed E-state index contributed by atoms with van der Waals surface area (Å²) in [4.78, 5) is -0.301. The summed E-state index contributed by atoms with van der Waals surface area (Å²) in [6.07, 6.45) is 6.67. The van der Waals surface area contributed by atoms with Gasteiger partial charge in [0.2, 0.25) is 10.0 Å². The molecule has 3 rings (SSSR count). The van der Waals surface area contributed by atoms with E-state index < -0.39 is 15.8 Å². The predicted molar refractivity (Wildman–Crippen MR) is 79.7 cm³/mol. The molecule has 2 N–H and O–H groups in total. The van der Waals surface area contributed by atoms with Gasteiger partial charge in [-0.15, -0.1) is 0 Å². The Morgan fingerprint density at radius 2 is 1.71 bits per heavy atom. The van der Waals surface area contributed by atoms with Crippen LogP contribution in [0, 0.1) is 11.2 Å². The number of piperidine rings is 1. The molecule has 1 aromatic carbocycles. The Labute approximate surface area is 125 Å². The van der Waals surface area contributed by atoms with Crippen LogP contribution in [0.2, 0.25) is 0 Å². The van der Waals surface area contributed by atoms with Gasteiger partial charge in [-0.05, 0) is 49.3 Å². The van der Waals surface area contributed by atoms with Gasteiger partial charge >= 0.3 is 0 Å². The Morgan fingerprint density at radius 3 is 2.33 bits per heavy atom. The topological polar surface area (TPSA) is 63.4 Å². The fourth-order valence-electron chi connectivity index (χ4n) is 3.68. The van der Waals surface area contributed by atoms with E-state index in [2.05, 4.69) is 0 Å². The molecule has 1 saturated heterocycles. The first-order valence-corrected chi connectivity index (χ1v) is 8.92. The summed E-state index contributed by atoms with van der Waals surface area (Å²) in [5.74, 6) is -0.731. The summed E-state index contributed by atoms with van der Waals surface area (Å²) in [6.45, 7) is 0.965. The van der Waals surface area contributed by atoms with Crippen LogP contribution in [-0.4, -0.2) is 25.8 Å². The quantitative estimate of drug-likeness (QED) is 0.854. The lowest BCUT2D eigenvalue weighted by Gasteiger charge is -2.38. The standard InChI is InChI=1S/C15H21FN2O2S/c16-13-4-3-12(17)11-14(13)21(19,20)18-9-7-15(8-10-18)5-1-2-6-15/h3-4,11H,1-2,5-10,17H2. The summed E-state index contributed by atoms with van der Waals surface area (Å²) < 4.78 is 40.5. The number of rotatable bonds is 2. The summed E-state index contributed by atoms with van der Waals surface area (Å²) in [7, 11) is -3.78. The van der Waals surface area contributed by atoms with Crippen molar-refractivity contribution in [3.63, 3.8) is 0 Å². The Balaban J connectivity index is 1.82. The molecule has 1 aromatic rings. The van der Waals surface area contributed by atoms with Gasteiger partial charge in [-0.25, -0.2) is 12.8 Å². The highest BCUT2D eigenvalue weighted by molar-refractivity contribution is 7.89. The smallest absolute Gasteiger partial charge is 0.246 e. The van der Waals surface area contributed by atoms with Crippen molar-refractivity contribution in [2.24, 2.45) is 5.41 Å². The Morgan fingerprint density at radius 1 is 1.10 bits per heavy atom. The first-order valence-electron chi connectivity index (χ1n) is 7.48. The van der Waals surface area contributed by atoms with E-state index in [0.29, 0.717) is 18.5 Å². The molecule has 21 heavy (non-hydrogen) atoms. The lowest BCUT2D eigenvalue weighted by atomic mass is 9.78. The van der Waals surface area contributed by atoms with Crippen molar-refractivity contribution < 1.29 is 12.8 Å². The van der Waals surface area contributed by atoms with Crippen molar-refractivity contribution >= 4 is 15.7 Å². The zero-order valence-corrected chi connectivity index (χ0v) is 12.8. The van der Waals surface area contributed by atoms with Crippen LogP contribution in [0.15, 0.2) is 23.1 Å². The number of anilines is 1. The third-order valence-electron chi connectivity index (χ3n) is 5.02. The average molecular weight is 312 g/mol. The molecule has 0 atom stereocenters. The second-order valence-corrected chi connectivity index (χ2v) is 8.21. The number of benzene rings is 1. The van der Waals surface area contributed by atoms with Crippen LogP contribution >= 0.6 is 0 Å². The second-order valence-electron chi connectivity index (χ2n) is 6.30. The molecular weight excluding hydrogens is 291 g/mol. The molecule has 0 radical (unpaired) electrons. The van der Waals surface area contributed by atoms with Gasteiger partial charge in [-0.1, -0.05) is 12.8 Å². The highest BCUT2D eigenvalue weighted by atomic mass is 32.2. The van der Waals surface area contributed by atoms with Gasteiger partial charge in [0.05, 0.1) is 0 Å². The van der Waals surface area contributed by atoms with Gasteiger partial charge < -0.3 is 5.73 Å². The zero-order chi connectivity index (χ0) is 15.1. The summed E-state index contributed by atoms with van der Waals surface area (Å²) in [6, 6.07) is 3.70. The minimum atomic E-state index is -3.78. The summed E-state index contributed by atoms with van der Waals surface area (Å²) in [5.41, 5.74) is 6.20. The SMILES string of the molecule is Nc1ccc(F)c(S(=O)(=O)N2CCC3(CCCC3)CC2)c1. The molecule has 6 heteroatoms. The van der Waals surface area contributed by atoms with E-state index >= 15 is 0 Å². The van der Waals surface area contributed by atoms with Crippen molar-refractivity contribution in [2.45, 2.75) is 43.4 Å². The number of nitrogens with zero attached hydrogens (tertiary/aromatic N) is 1. The van der Waals surface area contributed by atoms with Crippen LogP contribution in [0.3, 0.4) is 0 Å². The number of nitrogens with two attached hydrogens (primary N) is 1. The Kier molecular flexibility index (Phi) is 3.69. The largest absolute Gasteiger partial charge is 0.399 e. The molecule has 1 spiro atoms. The predicted octanol–water partition coefficient (Wildman–Crippen LogP) is 2.75. The van der Waals surface area contributed by atoms with Gasteiger partial charge in [-0.2, -0.15) is 4.31 Å². The third-order valence-corrected chi connectivity index (χ3v) is 6.93. The molecule has 0 amide bonds. The van der Waals surface area contributed by atoms with Gasteiger partial charge in [0.15, 0.2) is 0 Å². The number of hydrogen-bond acceptors (Lipinski definition) is 3. The number of hydrogen-bond donors (Lipinski definition) is 1. The van der Waals surface area contributed by atoms with E-state index in [0.717, 1.165) is 18.9 Å². The van der Waals surface area contributed by atoms with E-state index in [1.165, 1.54) is 42.1 Å². The highest BCUT2D eigenvalue weighted by Crippen LogP contribution is 2.46. The van der Waals surface area contributed by atoms with Crippen LogP contribution in [0.25, 0.3) is 0 Å². The van der Waals surface area contributed by atoms with E-state index in [1.807, 2.05) is 0 Å². The van der Waals surface area contributed by atoms with E-state index in [4.69, 9.17) is 5.73 Å². The maximum Gasteiger partial charge on any atom is 0.246 e. The maximum atomic E-state index is 13.9. The molecule has 2 aliphatic rings. The van der Waals surface area contributed by atoms with Crippen molar-refractivity contribution in [1.82, 2.24) is 4.31 Å². The van der Waals surface area contributed by atoms with Crippen molar-refractivity contribution in [2.75, 3.05) is 18.8 Å². The van der Waals surface area contributed by atoms with Gasteiger partial charge in [0, 0.05) is 18.8 Å². The fraction of sp³-hybridized carbons (Fsp3) is 0.600.